The predicted molar refractivity (Wildman–Crippen MR) is 118 cm³/mol. The van der Waals surface area contributed by atoms with Gasteiger partial charge in [-0.3, -0.25) is 9.59 Å². The first-order valence-electron chi connectivity index (χ1n) is 8.92. The Hall–Kier alpha value is -2.59. The summed E-state index contributed by atoms with van der Waals surface area (Å²) in [4.78, 5) is 28.5. The van der Waals surface area contributed by atoms with Crippen LogP contribution in [0.5, 0.6) is 0 Å². The van der Waals surface area contributed by atoms with E-state index in [0.717, 1.165) is 9.79 Å². The number of benzene rings is 4. The van der Waals surface area contributed by atoms with Crippen molar-refractivity contribution in [3.05, 3.63) is 105 Å². The molecule has 0 spiro atoms. The van der Waals surface area contributed by atoms with Crippen molar-refractivity contribution in [2.45, 2.75) is 9.79 Å². The normalized spacial score (nSPS) is 12.8. The molecule has 4 aromatic rings. The van der Waals surface area contributed by atoms with Crippen molar-refractivity contribution >= 4 is 57.3 Å². The zero-order valence-electron chi connectivity index (χ0n) is 14.9. The van der Waals surface area contributed by atoms with Crippen molar-refractivity contribution in [1.82, 2.24) is 0 Å². The summed E-state index contributed by atoms with van der Waals surface area (Å²) in [5.41, 5.74) is 1.09. The van der Waals surface area contributed by atoms with E-state index in [1.807, 2.05) is 48.5 Å². The van der Waals surface area contributed by atoms with Crippen LogP contribution in [0, 0.1) is 0 Å². The average molecular weight is 435 g/mol. The summed E-state index contributed by atoms with van der Waals surface area (Å²) in [5.74, 6) is -0.550. The summed E-state index contributed by atoms with van der Waals surface area (Å²) in [6.07, 6.45) is 0. The second-order valence-electron chi connectivity index (χ2n) is 6.70. The molecule has 0 heterocycles. The van der Waals surface area contributed by atoms with E-state index in [1.165, 1.54) is 11.8 Å². The molecule has 1 aliphatic rings. The van der Waals surface area contributed by atoms with E-state index < -0.39 is 0 Å². The Morgan fingerprint density at radius 2 is 1.14 bits per heavy atom. The van der Waals surface area contributed by atoms with E-state index in [-0.39, 0.29) is 32.7 Å². The molecule has 5 heteroatoms. The van der Waals surface area contributed by atoms with Gasteiger partial charge in [-0.05, 0) is 30.3 Å². The number of carbonyl (C=O) groups excluding carboxylic acids is 2. The van der Waals surface area contributed by atoms with Crippen molar-refractivity contribution in [1.29, 1.82) is 0 Å². The van der Waals surface area contributed by atoms with Gasteiger partial charge >= 0.3 is 0 Å². The Kier molecular flexibility index (Phi) is 4.47. The van der Waals surface area contributed by atoms with E-state index in [0.29, 0.717) is 21.9 Å². The van der Waals surface area contributed by atoms with Gasteiger partial charge in [-0.25, -0.2) is 0 Å². The number of fused-ring (bicyclic) bond motifs is 3. The van der Waals surface area contributed by atoms with Gasteiger partial charge in [-0.2, -0.15) is 0 Å². The molecule has 0 bridgehead atoms. The van der Waals surface area contributed by atoms with Crippen LogP contribution >= 0.6 is 35.0 Å². The third-order valence-corrected chi connectivity index (χ3v) is 6.78. The maximum absolute atomic E-state index is 13.4. The predicted octanol–water partition coefficient (Wildman–Crippen LogP) is 7.07. The summed E-state index contributed by atoms with van der Waals surface area (Å²) in [6.45, 7) is 0. The standard InChI is InChI=1S/C24H12Cl2O2S/c25-21-15-8-4-5-9-16(15)22(26)20-19(21)23(27)17-11-10-14(12-18(17)24(20)28)29-13-6-2-1-3-7-13/h1-12H. The van der Waals surface area contributed by atoms with Gasteiger partial charge in [0.1, 0.15) is 0 Å². The summed E-state index contributed by atoms with van der Waals surface area (Å²) in [6, 6.07) is 22.4. The molecule has 0 atom stereocenters. The van der Waals surface area contributed by atoms with Crippen LogP contribution in [0.4, 0.5) is 0 Å². The van der Waals surface area contributed by atoms with Crippen molar-refractivity contribution in [3.63, 3.8) is 0 Å². The van der Waals surface area contributed by atoms with Crippen LogP contribution in [0.1, 0.15) is 31.8 Å². The van der Waals surface area contributed by atoms with Crippen LogP contribution in [0.3, 0.4) is 0 Å². The minimum atomic E-state index is -0.275. The second-order valence-corrected chi connectivity index (χ2v) is 8.61. The summed E-state index contributed by atoms with van der Waals surface area (Å²) >= 11 is 14.7. The van der Waals surface area contributed by atoms with Gasteiger partial charge < -0.3 is 0 Å². The summed E-state index contributed by atoms with van der Waals surface area (Å²) in [5, 5.41) is 1.87. The molecule has 4 aromatic carbocycles. The lowest BCUT2D eigenvalue weighted by Gasteiger charge is -2.22. The molecule has 5 rings (SSSR count). The molecular formula is C24H12Cl2O2S. The van der Waals surface area contributed by atoms with Crippen LogP contribution in [0.2, 0.25) is 10.0 Å². The minimum Gasteiger partial charge on any atom is -0.289 e. The fraction of sp³-hybridized carbons (Fsp3) is 0. The first kappa shape index (κ1) is 18.4. The number of ketones is 2. The molecule has 0 amide bonds. The number of halogens is 2. The quantitative estimate of drug-likeness (QED) is 0.297. The molecule has 0 saturated carbocycles. The molecule has 0 aliphatic heterocycles. The Balaban J connectivity index is 1.69. The third-order valence-electron chi connectivity index (χ3n) is 5.00. The lowest BCUT2D eigenvalue weighted by molar-refractivity contribution is 0.0979. The highest BCUT2D eigenvalue weighted by molar-refractivity contribution is 7.99. The topological polar surface area (TPSA) is 34.1 Å². The van der Waals surface area contributed by atoms with E-state index in [1.54, 1.807) is 24.3 Å². The number of hydrogen-bond donors (Lipinski definition) is 0. The van der Waals surface area contributed by atoms with Crippen LogP contribution in [-0.2, 0) is 0 Å². The second kappa shape index (κ2) is 7.03. The molecule has 2 nitrogen and oxygen atoms in total. The molecule has 0 fully saturated rings. The van der Waals surface area contributed by atoms with Gasteiger partial charge in [-0.1, -0.05) is 77.4 Å². The fourth-order valence-corrected chi connectivity index (χ4v) is 5.22. The molecule has 140 valence electrons. The van der Waals surface area contributed by atoms with Gasteiger partial charge in [0.2, 0.25) is 0 Å². The van der Waals surface area contributed by atoms with Crippen molar-refractivity contribution in [2.24, 2.45) is 0 Å². The Labute approximate surface area is 181 Å². The zero-order chi connectivity index (χ0) is 20.1. The first-order valence-corrected chi connectivity index (χ1v) is 10.5. The van der Waals surface area contributed by atoms with E-state index in [2.05, 4.69) is 0 Å². The summed E-state index contributed by atoms with van der Waals surface area (Å²) in [7, 11) is 0. The van der Waals surface area contributed by atoms with Crippen molar-refractivity contribution < 1.29 is 9.59 Å². The third kappa shape index (κ3) is 2.89. The molecular weight excluding hydrogens is 423 g/mol. The fourth-order valence-electron chi connectivity index (χ4n) is 3.65. The summed E-state index contributed by atoms with van der Waals surface area (Å²) < 4.78 is 0. The largest absolute Gasteiger partial charge is 0.289 e. The number of rotatable bonds is 2. The zero-order valence-corrected chi connectivity index (χ0v) is 17.2. The van der Waals surface area contributed by atoms with Gasteiger partial charge in [0.15, 0.2) is 11.6 Å². The molecule has 0 saturated heterocycles. The van der Waals surface area contributed by atoms with E-state index in [9.17, 15) is 9.59 Å². The number of carbonyl (C=O) groups is 2. The van der Waals surface area contributed by atoms with Crippen LogP contribution in [-0.4, -0.2) is 11.6 Å². The minimum absolute atomic E-state index is 0.190. The lowest BCUT2D eigenvalue weighted by atomic mass is 9.82. The highest BCUT2D eigenvalue weighted by Gasteiger charge is 2.35. The maximum atomic E-state index is 13.4. The van der Waals surface area contributed by atoms with Crippen LogP contribution in [0.25, 0.3) is 10.8 Å². The highest BCUT2D eigenvalue weighted by atomic mass is 35.5. The SMILES string of the molecule is O=C1c2ccc(Sc3ccccc3)cc2C(=O)c2c1c(Cl)c1ccccc1c2Cl. The molecule has 29 heavy (non-hydrogen) atoms. The molecule has 0 unspecified atom stereocenters. The number of hydrogen-bond acceptors (Lipinski definition) is 3. The van der Waals surface area contributed by atoms with E-state index in [4.69, 9.17) is 23.2 Å². The Morgan fingerprint density at radius 3 is 1.76 bits per heavy atom. The van der Waals surface area contributed by atoms with Gasteiger partial charge in [0.25, 0.3) is 0 Å². The molecule has 0 radical (unpaired) electrons. The molecule has 0 aromatic heterocycles. The van der Waals surface area contributed by atoms with Gasteiger partial charge in [0.05, 0.1) is 21.2 Å². The smallest absolute Gasteiger partial charge is 0.196 e. The van der Waals surface area contributed by atoms with Gasteiger partial charge in [-0.15, -0.1) is 0 Å². The molecule has 0 N–H and O–H groups in total. The van der Waals surface area contributed by atoms with Crippen molar-refractivity contribution in [2.75, 3.05) is 0 Å². The monoisotopic (exact) mass is 434 g/mol. The van der Waals surface area contributed by atoms with Gasteiger partial charge in [0, 0.05) is 31.7 Å². The van der Waals surface area contributed by atoms with Crippen molar-refractivity contribution in [3.8, 4) is 0 Å². The Bertz CT molecular complexity index is 1330. The molecule has 1 aliphatic carbocycles. The first-order chi connectivity index (χ1) is 14.1. The van der Waals surface area contributed by atoms with Crippen LogP contribution in [0.15, 0.2) is 82.6 Å². The maximum Gasteiger partial charge on any atom is 0.196 e. The van der Waals surface area contributed by atoms with Crippen LogP contribution < -0.4 is 0 Å². The average Bonchev–Trinajstić information content (AvgIpc) is 2.75. The highest BCUT2D eigenvalue weighted by Crippen LogP contribution is 2.43. The Morgan fingerprint density at radius 1 is 0.586 bits per heavy atom. The lowest BCUT2D eigenvalue weighted by Crippen LogP contribution is -2.22. The van der Waals surface area contributed by atoms with E-state index >= 15 is 0 Å².